The highest BCUT2D eigenvalue weighted by molar-refractivity contribution is 6.18. The summed E-state index contributed by atoms with van der Waals surface area (Å²) in [6.07, 6.45) is 10.4. The number of alkyl halides is 1. The molecule has 136 valence electrons. The molecule has 0 unspecified atom stereocenters. The van der Waals surface area contributed by atoms with Crippen molar-refractivity contribution >= 4 is 23.7 Å². The third-order valence-corrected chi connectivity index (χ3v) is 3.65. The number of carbonyl (C=O) groups is 2. The lowest BCUT2D eigenvalue weighted by atomic mass is 10.1. The Morgan fingerprint density at radius 2 is 1.43 bits per heavy atom. The third-order valence-electron chi connectivity index (χ3n) is 3.49. The molecule has 0 rings (SSSR count). The lowest BCUT2D eigenvalue weighted by Crippen LogP contribution is -2.33. The van der Waals surface area contributed by atoms with Crippen molar-refractivity contribution in [2.45, 2.75) is 64.7 Å². The summed E-state index contributed by atoms with van der Waals surface area (Å²) in [6, 6.07) is 0. The fourth-order valence-corrected chi connectivity index (χ4v) is 2.22. The molecule has 0 aliphatic carbocycles. The van der Waals surface area contributed by atoms with Gasteiger partial charge >= 0.3 is 12.1 Å². The molecule has 0 bridgehead atoms. The summed E-state index contributed by atoms with van der Waals surface area (Å²) in [5.74, 6) is -0.169. The van der Waals surface area contributed by atoms with Crippen molar-refractivity contribution in [3.05, 3.63) is 0 Å². The molecule has 0 aromatic rings. The number of hydrogen-bond donors (Lipinski definition) is 0. The van der Waals surface area contributed by atoms with E-state index in [4.69, 9.17) is 21.1 Å². The summed E-state index contributed by atoms with van der Waals surface area (Å²) < 4.78 is 9.92. The highest BCUT2D eigenvalue weighted by Gasteiger charge is 2.14. The lowest BCUT2D eigenvalue weighted by Gasteiger charge is -2.15. The van der Waals surface area contributed by atoms with Crippen molar-refractivity contribution in [2.75, 3.05) is 32.7 Å². The van der Waals surface area contributed by atoms with Crippen LogP contribution in [-0.4, -0.2) is 49.6 Å². The molecule has 0 spiro atoms. The van der Waals surface area contributed by atoms with Gasteiger partial charge in [-0.25, -0.2) is 4.79 Å². The molecule has 0 aliphatic rings. The van der Waals surface area contributed by atoms with Crippen LogP contribution < -0.4 is 0 Å². The number of amides is 1. The average Bonchev–Trinajstić information content (AvgIpc) is 2.54. The van der Waals surface area contributed by atoms with Gasteiger partial charge in [0, 0.05) is 7.05 Å². The van der Waals surface area contributed by atoms with E-state index in [-0.39, 0.29) is 19.0 Å². The zero-order valence-corrected chi connectivity index (χ0v) is 15.4. The Hall–Kier alpha value is -0.970. The first-order chi connectivity index (χ1) is 11.1. The highest BCUT2D eigenvalue weighted by Crippen LogP contribution is 2.09. The molecule has 0 heterocycles. The number of unbranched alkanes of at least 4 members (excludes halogenated alkanes) is 8. The van der Waals surface area contributed by atoms with Crippen LogP contribution in [0.15, 0.2) is 0 Å². The summed E-state index contributed by atoms with van der Waals surface area (Å²) >= 11 is 5.42. The Morgan fingerprint density at radius 1 is 0.870 bits per heavy atom. The normalized spacial score (nSPS) is 10.4. The number of nitrogens with zero attached hydrogens (tertiary/aromatic N) is 1. The van der Waals surface area contributed by atoms with Crippen LogP contribution in [-0.2, 0) is 14.3 Å². The van der Waals surface area contributed by atoms with Crippen LogP contribution in [0.2, 0.25) is 0 Å². The van der Waals surface area contributed by atoms with Crippen LogP contribution in [0.3, 0.4) is 0 Å². The molecule has 23 heavy (non-hydrogen) atoms. The quantitative estimate of drug-likeness (QED) is 0.265. The summed E-state index contributed by atoms with van der Waals surface area (Å²) in [7, 11) is 1.50. The minimum absolute atomic E-state index is 0.0987. The van der Waals surface area contributed by atoms with Crippen molar-refractivity contribution in [1.82, 2.24) is 4.90 Å². The van der Waals surface area contributed by atoms with Crippen LogP contribution >= 0.6 is 11.6 Å². The molecule has 0 radical (unpaired) electrons. The zero-order valence-electron chi connectivity index (χ0n) is 14.7. The first-order valence-electron chi connectivity index (χ1n) is 8.71. The standard InChI is InChI=1S/C17H32ClNO4/c1-3-4-5-6-7-8-9-10-11-13-22-16(20)15-19(2)17(21)23-14-12-18/h3-15H2,1-2H3. The first kappa shape index (κ1) is 22.0. The molecule has 0 atom stereocenters. The van der Waals surface area contributed by atoms with Crippen LogP contribution in [0.5, 0.6) is 0 Å². The Morgan fingerprint density at radius 3 is 2.00 bits per heavy atom. The van der Waals surface area contributed by atoms with E-state index in [1.807, 2.05) is 0 Å². The van der Waals surface area contributed by atoms with E-state index in [0.717, 1.165) is 12.8 Å². The second-order valence-corrected chi connectivity index (χ2v) is 6.09. The number of hydrogen-bond acceptors (Lipinski definition) is 4. The molecule has 0 fully saturated rings. The molecule has 0 aliphatic heterocycles. The summed E-state index contributed by atoms with van der Waals surface area (Å²) in [5.41, 5.74) is 0. The van der Waals surface area contributed by atoms with Crippen molar-refractivity contribution in [3.63, 3.8) is 0 Å². The summed E-state index contributed by atoms with van der Waals surface area (Å²) in [6.45, 7) is 2.68. The van der Waals surface area contributed by atoms with Gasteiger partial charge in [0.05, 0.1) is 12.5 Å². The molecular formula is C17H32ClNO4. The Labute approximate surface area is 145 Å². The van der Waals surface area contributed by atoms with Crippen molar-refractivity contribution in [2.24, 2.45) is 0 Å². The topological polar surface area (TPSA) is 55.8 Å². The second-order valence-electron chi connectivity index (χ2n) is 5.71. The van der Waals surface area contributed by atoms with E-state index in [1.54, 1.807) is 0 Å². The molecule has 6 heteroatoms. The largest absolute Gasteiger partial charge is 0.464 e. The van der Waals surface area contributed by atoms with Gasteiger partial charge < -0.3 is 14.4 Å². The number of ether oxygens (including phenoxy) is 2. The van der Waals surface area contributed by atoms with E-state index < -0.39 is 12.1 Å². The van der Waals surface area contributed by atoms with Gasteiger partial charge in [-0.3, -0.25) is 4.79 Å². The molecule has 0 aromatic heterocycles. The maximum Gasteiger partial charge on any atom is 0.410 e. The fraction of sp³-hybridized carbons (Fsp3) is 0.882. The van der Waals surface area contributed by atoms with Crippen LogP contribution in [0.1, 0.15) is 64.7 Å². The molecular weight excluding hydrogens is 318 g/mol. The molecule has 5 nitrogen and oxygen atoms in total. The van der Waals surface area contributed by atoms with E-state index in [0.29, 0.717) is 6.61 Å². The third kappa shape index (κ3) is 14.4. The molecule has 0 saturated heterocycles. The van der Waals surface area contributed by atoms with Crippen molar-refractivity contribution < 1.29 is 19.1 Å². The maximum atomic E-state index is 11.6. The zero-order chi connectivity index (χ0) is 17.3. The van der Waals surface area contributed by atoms with Crippen molar-refractivity contribution in [1.29, 1.82) is 0 Å². The SMILES string of the molecule is CCCCCCCCCCCOC(=O)CN(C)C(=O)OCCCl. The maximum absolute atomic E-state index is 11.6. The predicted molar refractivity (Wildman–Crippen MR) is 92.9 cm³/mol. The summed E-state index contributed by atoms with van der Waals surface area (Å²) in [4.78, 5) is 24.2. The number of rotatable bonds is 14. The number of likely N-dealkylation sites (N-methyl/N-ethyl adjacent to an activating group) is 1. The smallest absolute Gasteiger partial charge is 0.410 e. The summed E-state index contributed by atoms with van der Waals surface area (Å²) in [5, 5.41) is 0. The van der Waals surface area contributed by atoms with Gasteiger partial charge in [0.15, 0.2) is 0 Å². The Balaban J connectivity index is 3.44. The minimum Gasteiger partial charge on any atom is -0.464 e. The molecule has 0 aromatic carbocycles. The number of carbonyl (C=O) groups excluding carboxylic acids is 2. The van der Waals surface area contributed by atoms with Crippen LogP contribution in [0.25, 0.3) is 0 Å². The Bertz CT molecular complexity index is 313. The number of esters is 1. The van der Waals surface area contributed by atoms with Gasteiger partial charge in [-0.2, -0.15) is 0 Å². The van der Waals surface area contributed by atoms with Gasteiger partial charge in [0.2, 0.25) is 0 Å². The van der Waals surface area contributed by atoms with Crippen molar-refractivity contribution in [3.8, 4) is 0 Å². The second kappa shape index (κ2) is 15.9. The monoisotopic (exact) mass is 349 g/mol. The van der Waals surface area contributed by atoms with E-state index >= 15 is 0 Å². The minimum atomic E-state index is -0.564. The van der Waals surface area contributed by atoms with Gasteiger partial charge in [-0.1, -0.05) is 58.3 Å². The lowest BCUT2D eigenvalue weighted by molar-refractivity contribution is -0.144. The predicted octanol–water partition coefficient (Wildman–Crippen LogP) is 4.37. The molecule has 0 saturated carbocycles. The van der Waals surface area contributed by atoms with Crippen LogP contribution in [0.4, 0.5) is 4.79 Å². The highest BCUT2D eigenvalue weighted by atomic mass is 35.5. The van der Waals surface area contributed by atoms with Crippen LogP contribution in [0, 0.1) is 0 Å². The fourth-order valence-electron chi connectivity index (χ4n) is 2.14. The van der Waals surface area contributed by atoms with Gasteiger partial charge in [0.1, 0.15) is 13.2 Å². The molecule has 0 N–H and O–H groups in total. The van der Waals surface area contributed by atoms with Gasteiger partial charge in [-0.15, -0.1) is 11.6 Å². The average molecular weight is 350 g/mol. The number of halogens is 1. The van der Waals surface area contributed by atoms with E-state index in [2.05, 4.69) is 6.92 Å². The molecule has 1 amide bonds. The van der Waals surface area contributed by atoms with Gasteiger partial charge in [-0.05, 0) is 6.42 Å². The van der Waals surface area contributed by atoms with E-state index in [1.165, 1.54) is 56.9 Å². The Kier molecular flexibility index (Phi) is 15.2. The first-order valence-corrected chi connectivity index (χ1v) is 9.24. The van der Waals surface area contributed by atoms with Gasteiger partial charge in [0.25, 0.3) is 0 Å². The van der Waals surface area contributed by atoms with E-state index in [9.17, 15) is 9.59 Å².